The summed E-state index contributed by atoms with van der Waals surface area (Å²) >= 11 is 0. The van der Waals surface area contributed by atoms with E-state index in [-0.39, 0.29) is 42.3 Å². The Balaban J connectivity index is 1.53. The highest BCUT2D eigenvalue weighted by molar-refractivity contribution is 5.86. The molecule has 224 valence electrons. The minimum atomic E-state index is -4.94. The van der Waals surface area contributed by atoms with E-state index in [1.54, 1.807) is 5.10 Å². The fourth-order valence-corrected chi connectivity index (χ4v) is 4.31. The Hall–Kier alpha value is -4.54. The summed E-state index contributed by atoms with van der Waals surface area (Å²) in [6.45, 7) is 0.0690. The van der Waals surface area contributed by atoms with Crippen LogP contribution in [-0.4, -0.2) is 44.5 Å². The van der Waals surface area contributed by atoms with Gasteiger partial charge < -0.3 is 20.4 Å². The molecule has 0 amide bonds. The van der Waals surface area contributed by atoms with E-state index in [1.807, 2.05) is 0 Å². The molecule has 4 N–H and O–H groups in total. The molecular formula is C25H22F7N7O3. The fourth-order valence-electron chi connectivity index (χ4n) is 4.31. The number of aromatic nitrogens is 5. The van der Waals surface area contributed by atoms with E-state index < -0.39 is 63.8 Å². The number of methoxy groups -OCH3 is 1. The highest BCUT2D eigenvalue weighted by Crippen LogP contribution is 2.34. The molecular weight excluding hydrogens is 579 g/mol. The van der Waals surface area contributed by atoms with Crippen molar-refractivity contribution in [2.75, 3.05) is 24.8 Å². The van der Waals surface area contributed by atoms with E-state index in [2.05, 4.69) is 20.4 Å². The van der Waals surface area contributed by atoms with Gasteiger partial charge in [-0.3, -0.25) is 9.59 Å². The van der Waals surface area contributed by atoms with Gasteiger partial charge in [0.25, 0.3) is 11.1 Å². The van der Waals surface area contributed by atoms with Crippen molar-refractivity contribution in [3.8, 4) is 11.4 Å². The van der Waals surface area contributed by atoms with E-state index in [0.717, 1.165) is 12.3 Å². The molecule has 17 heteroatoms. The number of ether oxygens (including phenoxy) is 1. The van der Waals surface area contributed by atoms with Crippen LogP contribution in [0, 0.1) is 5.82 Å². The second-order valence-electron chi connectivity index (χ2n) is 9.15. The van der Waals surface area contributed by atoms with Gasteiger partial charge in [0.05, 0.1) is 29.4 Å². The summed E-state index contributed by atoms with van der Waals surface area (Å²) in [5, 5.41) is 8.01. The molecule has 0 saturated carbocycles. The maximum atomic E-state index is 15.0. The van der Waals surface area contributed by atoms with E-state index in [0.29, 0.717) is 6.20 Å². The molecule has 4 aromatic rings. The molecule has 4 rings (SSSR count). The quantitative estimate of drug-likeness (QED) is 0.243. The topological polar surface area (TPSA) is 141 Å². The minimum Gasteiger partial charge on any atom is -0.383 e. The Labute approximate surface area is 231 Å². The zero-order chi connectivity index (χ0) is 30.8. The highest BCUT2D eigenvalue weighted by atomic mass is 19.4. The molecule has 0 aliphatic carbocycles. The number of H-pyrrole nitrogens is 1. The Kier molecular flexibility index (Phi) is 8.51. The van der Waals surface area contributed by atoms with Gasteiger partial charge in [0.15, 0.2) is 5.82 Å². The van der Waals surface area contributed by atoms with Crippen LogP contribution in [0.5, 0.6) is 0 Å². The lowest BCUT2D eigenvalue weighted by Gasteiger charge is -2.21. The van der Waals surface area contributed by atoms with Crippen molar-refractivity contribution in [3.05, 3.63) is 74.4 Å². The number of alkyl halides is 6. The van der Waals surface area contributed by atoms with Gasteiger partial charge in [-0.05, 0) is 36.4 Å². The number of nitrogen functional groups attached to an aromatic ring is 1. The summed E-state index contributed by atoms with van der Waals surface area (Å²) in [6.07, 6.45) is -6.55. The first-order valence-corrected chi connectivity index (χ1v) is 12.1. The zero-order valence-corrected chi connectivity index (χ0v) is 21.6. The highest BCUT2D eigenvalue weighted by Gasteiger charge is 2.38. The predicted octanol–water partition coefficient (Wildman–Crippen LogP) is 4.21. The number of hydrogen-bond acceptors (Lipinski definition) is 8. The first kappa shape index (κ1) is 30.4. The van der Waals surface area contributed by atoms with Gasteiger partial charge in [-0.1, -0.05) is 0 Å². The van der Waals surface area contributed by atoms with Crippen molar-refractivity contribution in [3.63, 3.8) is 0 Å². The minimum absolute atomic E-state index is 0.0265. The van der Waals surface area contributed by atoms with Crippen LogP contribution < -0.4 is 22.2 Å². The monoisotopic (exact) mass is 601 g/mol. The second-order valence-corrected chi connectivity index (χ2v) is 9.15. The van der Waals surface area contributed by atoms with Crippen LogP contribution >= 0.6 is 0 Å². The Morgan fingerprint density at radius 2 is 1.86 bits per heavy atom. The van der Waals surface area contributed by atoms with Gasteiger partial charge in [0.2, 0.25) is 0 Å². The fraction of sp³-hybridized carbons (Fsp3) is 0.320. The molecule has 0 saturated heterocycles. The smallest absolute Gasteiger partial charge is 0.383 e. The van der Waals surface area contributed by atoms with Crippen LogP contribution in [0.1, 0.15) is 24.0 Å². The molecule has 0 bridgehead atoms. The molecule has 0 radical (unpaired) electrons. The van der Waals surface area contributed by atoms with Gasteiger partial charge >= 0.3 is 12.4 Å². The normalized spacial score (nSPS) is 13.0. The summed E-state index contributed by atoms with van der Waals surface area (Å²) in [5.41, 5.74) is -0.0986. The molecule has 0 aliphatic rings. The molecule has 0 fully saturated rings. The number of fused-ring (bicyclic) bond motifs is 1. The summed E-state index contributed by atoms with van der Waals surface area (Å²) in [5.74, 6) is -2.24. The van der Waals surface area contributed by atoms with Crippen molar-refractivity contribution in [1.82, 2.24) is 24.7 Å². The largest absolute Gasteiger partial charge is 0.423 e. The van der Waals surface area contributed by atoms with Crippen LogP contribution in [0.15, 0.2) is 46.4 Å². The number of hydrogen-bond donors (Lipinski definition) is 3. The summed E-state index contributed by atoms with van der Waals surface area (Å²) in [4.78, 5) is 31.9. The third-order valence-corrected chi connectivity index (χ3v) is 6.25. The van der Waals surface area contributed by atoms with Crippen molar-refractivity contribution in [2.24, 2.45) is 0 Å². The average molecular weight is 601 g/mol. The van der Waals surface area contributed by atoms with Gasteiger partial charge in [0.1, 0.15) is 22.8 Å². The number of anilines is 2. The van der Waals surface area contributed by atoms with Crippen molar-refractivity contribution < 1.29 is 35.5 Å². The van der Waals surface area contributed by atoms with Crippen LogP contribution in [0.2, 0.25) is 0 Å². The van der Waals surface area contributed by atoms with Crippen LogP contribution in [-0.2, 0) is 23.6 Å². The number of nitrogens with zero attached hydrogens (tertiary/aromatic N) is 4. The van der Waals surface area contributed by atoms with E-state index in [1.165, 1.54) is 30.0 Å². The molecule has 1 atom stereocenters. The number of nitrogens with one attached hydrogen (secondary N) is 2. The summed E-state index contributed by atoms with van der Waals surface area (Å²) in [6, 6.07) is 2.92. The number of halogens is 7. The maximum absolute atomic E-state index is 15.0. The van der Waals surface area contributed by atoms with E-state index >= 15 is 0 Å². The molecule has 3 heterocycles. The zero-order valence-electron chi connectivity index (χ0n) is 21.6. The lowest BCUT2D eigenvalue weighted by Crippen LogP contribution is -2.31. The molecule has 0 unspecified atom stereocenters. The van der Waals surface area contributed by atoms with Crippen LogP contribution in [0.3, 0.4) is 0 Å². The second kappa shape index (κ2) is 11.8. The summed E-state index contributed by atoms with van der Waals surface area (Å²) in [7, 11) is 1.34. The number of nitrogens with two attached hydrogens (primary N) is 1. The number of pyridine rings is 1. The van der Waals surface area contributed by atoms with E-state index in [9.17, 15) is 40.3 Å². The predicted molar refractivity (Wildman–Crippen MR) is 137 cm³/mol. The third kappa shape index (κ3) is 6.50. The Morgan fingerprint density at radius 3 is 2.50 bits per heavy atom. The lowest BCUT2D eigenvalue weighted by molar-refractivity contribution is -0.138. The van der Waals surface area contributed by atoms with Crippen molar-refractivity contribution >= 4 is 22.3 Å². The van der Waals surface area contributed by atoms with Crippen LogP contribution in [0.4, 0.5) is 42.2 Å². The number of benzene rings is 1. The SMILES string of the molecule is COC[C@@H](CCCn1ccc2cc(-c3ncc(C(F)(F)F)c(N)n3)c(F)cc2c1=O)Nc1cn[nH]c(=O)c1C(F)(F)F. The number of aryl methyl sites for hydroxylation is 1. The Morgan fingerprint density at radius 1 is 1.12 bits per heavy atom. The van der Waals surface area contributed by atoms with Gasteiger partial charge in [-0.2, -0.15) is 31.4 Å². The molecule has 1 aromatic carbocycles. The molecule has 3 aromatic heterocycles. The van der Waals surface area contributed by atoms with Crippen molar-refractivity contribution in [1.29, 1.82) is 0 Å². The van der Waals surface area contributed by atoms with Gasteiger partial charge in [-0.25, -0.2) is 19.5 Å². The van der Waals surface area contributed by atoms with Gasteiger partial charge in [0, 0.05) is 32.1 Å². The number of rotatable bonds is 9. The Bertz CT molecular complexity index is 1720. The van der Waals surface area contributed by atoms with Crippen molar-refractivity contribution in [2.45, 2.75) is 37.8 Å². The molecule has 0 spiro atoms. The van der Waals surface area contributed by atoms with E-state index in [4.69, 9.17) is 10.5 Å². The van der Waals surface area contributed by atoms with Gasteiger partial charge in [-0.15, -0.1) is 0 Å². The van der Waals surface area contributed by atoms with Crippen LogP contribution in [0.25, 0.3) is 22.2 Å². The molecule has 0 aliphatic heterocycles. The third-order valence-electron chi connectivity index (χ3n) is 6.25. The average Bonchev–Trinajstić information content (AvgIpc) is 2.88. The maximum Gasteiger partial charge on any atom is 0.423 e. The first-order chi connectivity index (χ1) is 19.7. The molecule has 10 nitrogen and oxygen atoms in total. The molecule has 42 heavy (non-hydrogen) atoms. The summed E-state index contributed by atoms with van der Waals surface area (Å²) < 4.78 is 100. The first-order valence-electron chi connectivity index (χ1n) is 12.1. The standard InChI is InChI=1S/C25H22F7N7O3/c1-42-11-13(36-18-10-35-38-22(40)19(18)25(30,31)32)3-2-5-39-6-4-12-7-15(17(26)8-14(12)23(39)41)21-34-9-16(20(33)37-21)24(27,28)29/h4,6-10,13H,2-3,5,11H2,1H3,(H2,33,34,37)(H2,36,38,40)/t13-/m1/s1. The lowest BCUT2D eigenvalue weighted by atomic mass is 10.1. The number of aromatic amines is 1.